The standard InChI is InChI=1S/C23H32N2O2/c1-5-7-13-23(6-2)16-24-19-15-21(27-4)20(26-3)14-18(19)22(25-23)17-11-9-8-10-12-17/h8-12,14-15,22,24-25H,5-7,13,16H2,1-4H3/t22-,23-/m1/s1. The fourth-order valence-electron chi connectivity index (χ4n) is 3.97. The van der Waals surface area contributed by atoms with E-state index in [0.717, 1.165) is 36.6 Å². The van der Waals surface area contributed by atoms with E-state index in [9.17, 15) is 0 Å². The smallest absolute Gasteiger partial charge is 0.162 e. The van der Waals surface area contributed by atoms with Gasteiger partial charge < -0.3 is 14.8 Å². The van der Waals surface area contributed by atoms with Crippen molar-refractivity contribution >= 4 is 5.69 Å². The Morgan fingerprint density at radius 2 is 1.74 bits per heavy atom. The van der Waals surface area contributed by atoms with Crippen LogP contribution in [-0.2, 0) is 0 Å². The van der Waals surface area contributed by atoms with Crippen LogP contribution in [0.1, 0.15) is 56.7 Å². The van der Waals surface area contributed by atoms with Crippen LogP contribution in [0, 0.1) is 0 Å². The quantitative estimate of drug-likeness (QED) is 0.709. The van der Waals surface area contributed by atoms with Crippen LogP contribution < -0.4 is 20.1 Å². The van der Waals surface area contributed by atoms with E-state index in [1.54, 1.807) is 14.2 Å². The molecule has 0 radical (unpaired) electrons. The Morgan fingerprint density at radius 1 is 1.04 bits per heavy atom. The summed E-state index contributed by atoms with van der Waals surface area (Å²) in [4.78, 5) is 0. The number of benzene rings is 2. The Balaban J connectivity index is 2.10. The molecule has 2 aromatic carbocycles. The van der Waals surface area contributed by atoms with E-state index < -0.39 is 0 Å². The zero-order valence-electron chi connectivity index (χ0n) is 17.0. The predicted octanol–water partition coefficient (Wildman–Crippen LogP) is 5.15. The van der Waals surface area contributed by atoms with Crippen molar-refractivity contribution in [3.8, 4) is 11.5 Å². The van der Waals surface area contributed by atoms with E-state index in [2.05, 4.69) is 66.9 Å². The lowest BCUT2D eigenvalue weighted by Crippen LogP contribution is -2.50. The molecule has 1 heterocycles. The van der Waals surface area contributed by atoms with Crippen molar-refractivity contribution in [3.05, 3.63) is 53.6 Å². The molecule has 0 amide bonds. The molecule has 2 N–H and O–H groups in total. The minimum absolute atomic E-state index is 0.0516. The van der Waals surface area contributed by atoms with Crippen molar-refractivity contribution < 1.29 is 9.47 Å². The second kappa shape index (κ2) is 8.66. The van der Waals surface area contributed by atoms with Gasteiger partial charge in [0, 0.05) is 29.4 Å². The van der Waals surface area contributed by atoms with Crippen LogP contribution in [0.4, 0.5) is 5.69 Å². The third-order valence-electron chi connectivity index (χ3n) is 5.75. The molecule has 3 rings (SSSR count). The third-order valence-corrected chi connectivity index (χ3v) is 5.75. The van der Waals surface area contributed by atoms with E-state index in [4.69, 9.17) is 9.47 Å². The molecule has 0 aliphatic carbocycles. The number of nitrogens with one attached hydrogen (secondary N) is 2. The van der Waals surface area contributed by atoms with Gasteiger partial charge >= 0.3 is 0 Å². The number of hydrogen-bond acceptors (Lipinski definition) is 4. The molecule has 0 bridgehead atoms. The second-order valence-corrected chi connectivity index (χ2v) is 7.37. The molecular formula is C23H32N2O2. The highest BCUT2D eigenvalue weighted by molar-refractivity contribution is 5.64. The van der Waals surface area contributed by atoms with Gasteiger partial charge in [-0.25, -0.2) is 0 Å². The van der Waals surface area contributed by atoms with Crippen LogP contribution in [-0.4, -0.2) is 26.3 Å². The topological polar surface area (TPSA) is 42.5 Å². The lowest BCUT2D eigenvalue weighted by molar-refractivity contribution is 0.283. The van der Waals surface area contributed by atoms with Gasteiger partial charge in [-0.05, 0) is 24.5 Å². The summed E-state index contributed by atoms with van der Waals surface area (Å²) in [6, 6.07) is 15.0. The van der Waals surface area contributed by atoms with E-state index >= 15 is 0 Å². The molecule has 27 heavy (non-hydrogen) atoms. The summed E-state index contributed by atoms with van der Waals surface area (Å²) in [5.74, 6) is 1.52. The Labute approximate surface area is 163 Å². The minimum atomic E-state index is 0.0516. The van der Waals surface area contributed by atoms with Gasteiger partial charge in [-0.1, -0.05) is 57.0 Å². The largest absolute Gasteiger partial charge is 0.493 e. The Kier molecular flexibility index (Phi) is 6.27. The number of methoxy groups -OCH3 is 2. The SMILES string of the molecule is CCCC[C@]1(CC)CNc2cc(OC)c(OC)cc2[C@@H](c2ccccc2)N1. The van der Waals surface area contributed by atoms with Gasteiger partial charge in [0.05, 0.1) is 20.3 Å². The summed E-state index contributed by atoms with van der Waals surface area (Å²) in [7, 11) is 3.38. The second-order valence-electron chi connectivity index (χ2n) is 7.37. The predicted molar refractivity (Wildman–Crippen MR) is 112 cm³/mol. The maximum atomic E-state index is 5.59. The Morgan fingerprint density at radius 3 is 2.37 bits per heavy atom. The van der Waals surface area contributed by atoms with Crippen molar-refractivity contribution in [1.29, 1.82) is 0 Å². The molecular weight excluding hydrogens is 336 g/mol. The highest BCUT2D eigenvalue weighted by atomic mass is 16.5. The summed E-state index contributed by atoms with van der Waals surface area (Å²) in [6.45, 7) is 5.44. The first-order valence-electron chi connectivity index (χ1n) is 9.98. The van der Waals surface area contributed by atoms with Gasteiger partial charge in [0.1, 0.15) is 0 Å². The maximum absolute atomic E-state index is 5.59. The van der Waals surface area contributed by atoms with Crippen LogP contribution in [0.3, 0.4) is 0 Å². The maximum Gasteiger partial charge on any atom is 0.162 e. The Hall–Kier alpha value is -2.20. The fraction of sp³-hybridized carbons (Fsp3) is 0.478. The molecule has 1 aliphatic rings. The summed E-state index contributed by atoms with van der Waals surface area (Å²) in [6.07, 6.45) is 4.64. The summed E-state index contributed by atoms with van der Waals surface area (Å²) < 4.78 is 11.1. The first-order chi connectivity index (χ1) is 13.2. The summed E-state index contributed by atoms with van der Waals surface area (Å²) in [5.41, 5.74) is 3.63. The summed E-state index contributed by atoms with van der Waals surface area (Å²) >= 11 is 0. The average Bonchev–Trinajstić information content (AvgIpc) is 2.89. The van der Waals surface area contributed by atoms with Crippen LogP contribution in [0.15, 0.2) is 42.5 Å². The number of unbranched alkanes of at least 4 members (excludes halogenated alkanes) is 1. The monoisotopic (exact) mass is 368 g/mol. The van der Waals surface area contributed by atoms with Gasteiger partial charge in [0.2, 0.25) is 0 Å². The molecule has 4 heteroatoms. The van der Waals surface area contributed by atoms with Crippen molar-refractivity contribution in [3.63, 3.8) is 0 Å². The average molecular weight is 369 g/mol. The van der Waals surface area contributed by atoms with E-state index in [0.29, 0.717) is 0 Å². The van der Waals surface area contributed by atoms with Crippen molar-refractivity contribution in [2.75, 3.05) is 26.1 Å². The van der Waals surface area contributed by atoms with Crippen LogP contribution >= 0.6 is 0 Å². The molecule has 2 aromatic rings. The minimum Gasteiger partial charge on any atom is -0.493 e. The summed E-state index contributed by atoms with van der Waals surface area (Å²) in [5, 5.41) is 7.72. The van der Waals surface area contributed by atoms with Gasteiger partial charge in [0.15, 0.2) is 11.5 Å². The molecule has 2 atom stereocenters. The normalized spacial score (nSPS) is 21.7. The molecule has 4 nitrogen and oxygen atoms in total. The van der Waals surface area contributed by atoms with E-state index in [1.165, 1.54) is 24.0 Å². The first-order valence-corrected chi connectivity index (χ1v) is 9.98. The van der Waals surface area contributed by atoms with Crippen molar-refractivity contribution in [1.82, 2.24) is 5.32 Å². The number of ether oxygens (including phenoxy) is 2. The molecule has 0 fully saturated rings. The molecule has 0 saturated carbocycles. The zero-order chi connectivity index (χ0) is 19.3. The number of fused-ring (bicyclic) bond motifs is 1. The molecule has 1 aliphatic heterocycles. The molecule has 0 spiro atoms. The van der Waals surface area contributed by atoms with Gasteiger partial charge in [-0.3, -0.25) is 5.32 Å². The number of hydrogen-bond donors (Lipinski definition) is 2. The van der Waals surface area contributed by atoms with Gasteiger partial charge in [-0.15, -0.1) is 0 Å². The number of rotatable bonds is 7. The molecule has 0 aromatic heterocycles. The molecule has 0 unspecified atom stereocenters. The van der Waals surface area contributed by atoms with Crippen LogP contribution in [0.5, 0.6) is 11.5 Å². The number of anilines is 1. The van der Waals surface area contributed by atoms with Crippen molar-refractivity contribution in [2.45, 2.75) is 51.1 Å². The highest BCUT2D eigenvalue weighted by Gasteiger charge is 2.35. The van der Waals surface area contributed by atoms with Crippen LogP contribution in [0.2, 0.25) is 0 Å². The Bertz CT molecular complexity index is 748. The molecule has 146 valence electrons. The first kappa shape index (κ1) is 19.6. The van der Waals surface area contributed by atoms with E-state index in [1.807, 2.05) is 0 Å². The van der Waals surface area contributed by atoms with Gasteiger partial charge in [-0.2, -0.15) is 0 Å². The molecule has 0 saturated heterocycles. The van der Waals surface area contributed by atoms with Crippen LogP contribution in [0.25, 0.3) is 0 Å². The fourth-order valence-corrected chi connectivity index (χ4v) is 3.97. The third kappa shape index (κ3) is 4.06. The van der Waals surface area contributed by atoms with E-state index in [-0.39, 0.29) is 11.6 Å². The zero-order valence-corrected chi connectivity index (χ0v) is 17.0. The lowest BCUT2D eigenvalue weighted by atomic mass is 9.87. The lowest BCUT2D eigenvalue weighted by Gasteiger charge is -2.36. The van der Waals surface area contributed by atoms with Crippen molar-refractivity contribution in [2.24, 2.45) is 0 Å². The highest BCUT2D eigenvalue weighted by Crippen LogP contribution is 2.41. The van der Waals surface area contributed by atoms with Gasteiger partial charge in [0.25, 0.3) is 0 Å².